The Bertz CT molecular complexity index is 1470. The average Bonchev–Trinajstić information content (AvgIpc) is 2.94. The number of halogens is 2. The van der Waals surface area contributed by atoms with Crippen molar-refractivity contribution in [3.63, 3.8) is 0 Å². The van der Waals surface area contributed by atoms with E-state index in [1.54, 1.807) is 43.3 Å². The first-order chi connectivity index (χ1) is 19.5. The van der Waals surface area contributed by atoms with Crippen molar-refractivity contribution in [1.29, 1.82) is 0 Å². The van der Waals surface area contributed by atoms with Crippen LogP contribution in [0.1, 0.15) is 37.8 Å². The second kappa shape index (κ2) is 14.6. The van der Waals surface area contributed by atoms with Crippen molar-refractivity contribution in [2.75, 3.05) is 24.5 Å². The summed E-state index contributed by atoms with van der Waals surface area (Å²) in [4.78, 5) is 28.4. The molecule has 0 aliphatic heterocycles. The van der Waals surface area contributed by atoms with Crippen molar-refractivity contribution in [3.8, 4) is 5.75 Å². The second-order valence-electron chi connectivity index (χ2n) is 9.62. The molecule has 0 aliphatic rings. The fourth-order valence-electron chi connectivity index (χ4n) is 4.13. The highest BCUT2D eigenvalue weighted by Crippen LogP contribution is 2.32. The fraction of sp³-hybridized carbons (Fsp3) is 0.333. The summed E-state index contributed by atoms with van der Waals surface area (Å²) in [6, 6.07) is 16.9. The molecule has 220 valence electrons. The Hall–Kier alpha value is -3.27. The average molecular weight is 621 g/mol. The monoisotopic (exact) mass is 619 g/mol. The molecule has 8 nitrogen and oxygen atoms in total. The highest BCUT2D eigenvalue weighted by molar-refractivity contribution is 7.92. The maximum Gasteiger partial charge on any atom is 0.264 e. The van der Waals surface area contributed by atoms with Crippen molar-refractivity contribution in [2.24, 2.45) is 0 Å². The summed E-state index contributed by atoms with van der Waals surface area (Å²) in [7, 11) is -2.76. The van der Waals surface area contributed by atoms with Crippen LogP contribution in [-0.4, -0.2) is 51.4 Å². The largest absolute Gasteiger partial charge is 0.495 e. The smallest absolute Gasteiger partial charge is 0.264 e. The molecule has 1 N–H and O–H groups in total. The zero-order valence-electron chi connectivity index (χ0n) is 23.6. The van der Waals surface area contributed by atoms with Crippen molar-refractivity contribution in [3.05, 3.63) is 87.9 Å². The topological polar surface area (TPSA) is 96.0 Å². The highest BCUT2D eigenvalue weighted by atomic mass is 35.5. The van der Waals surface area contributed by atoms with Crippen molar-refractivity contribution in [1.82, 2.24) is 10.2 Å². The number of unbranched alkanes of at least 4 members (excludes halogenated alkanes) is 1. The Morgan fingerprint density at radius 3 is 2.34 bits per heavy atom. The SMILES string of the molecule is CCCCNC(=O)[C@@H](C)N(Cc1cccc(Cl)c1)C(=O)CN(c1ccc(OC)c(Cl)c1)S(=O)(=O)c1ccc(C)cc1. The first kappa shape index (κ1) is 32.2. The quantitative estimate of drug-likeness (QED) is 0.243. The van der Waals surface area contributed by atoms with E-state index < -0.39 is 28.5 Å². The molecule has 0 spiro atoms. The molecule has 11 heteroatoms. The number of methoxy groups -OCH3 is 1. The summed E-state index contributed by atoms with van der Waals surface area (Å²) in [5, 5.41) is 3.52. The summed E-state index contributed by atoms with van der Waals surface area (Å²) >= 11 is 12.5. The third-order valence-corrected chi connectivity index (χ3v) is 8.87. The first-order valence-corrected chi connectivity index (χ1v) is 15.4. The molecule has 0 unspecified atom stereocenters. The number of aryl methyl sites for hydroxylation is 1. The number of nitrogens with one attached hydrogen (secondary N) is 1. The van der Waals surface area contributed by atoms with Gasteiger partial charge in [0.25, 0.3) is 10.0 Å². The number of benzene rings is 3. The summed E-state index contributed by atoms with van der Waals surface area (Å²) < 4.78 is 34.1. The van der Waals surface area contributed by atoms with E-state index in [1.807, 2.05) is 13.8 Å². The number of carbonyl (C=O) groups is 2. The van der Waals surface area contributed by atoms with Crippen LogP contribution in [0.3, 0.4) is 0 Å². The Balaban J connectivity index is 2.04. The Morgan fingerprint density at radius 1 is 1.02 bits per heavy atom. The molecule has 3 aromatic rings. The Morgan fingerprint density at radius 2 is 1.73 bits per heavy atom. The molecule has 0 aromatic heterocycles. The lowest BCUT2D eigenvalue weighted by Gasteiger charge is -2.32. The van der Waals surface area contributed by atoms with E-state index in [1.165, 1.54) is 42.3 Å². The van der Waals surface area contributed by atoms with E-state index >= 15 is 0 Å². The number of sulfonamides is 1. The van der Waals surface area contributed by atoms with Crippen LogP contribution in [0.4, 0.5) is 5.69 Å². The number of hydrogen-bond donors (Lipinski definition) is 1. The molecule has 3 rings (SSSR count). The molecule has 0 aliphatic carbocycles. The first-order valence-electron chi connectivity index (χ1n) is 13.2. The molecule has 0 radical (unpaired) electrons. The van der Waals surface area contributed by atoms with Gasteiger partial charge in [-0.15, -0.1) is 0 Å². The van der Waals surface area contributed by atoms with Gasteiger partial charge in [-0.05, 0) is 68.3 Å². The normalized spacial score (nSPS) is 12.0. The van der Waals surface area contributed by atoms with Gasteiger partial charge in [-0.3, -0.25) is 13.9 Å². The fourth-order valence-corrected chi connectivity index (χ4v) is 6.00. The van der Waals surface area contributed by atoms with Crippen LogP contribution in [0.25, 0.3) is 0 Å². The number of amides is 2. The molecule has 3 aromatic carbocycles. The van der Waals surface area contributed by atoms with Gasteiger partial charge < -0.3 is 15.0 Å². The molecule has 0 fully saturated rings. The number of carbonyl (C=O) groups excluding carboxylic acids is 2. The summed E-state index contributed by atoms with van der Waals surface area (Å²) in [5.41, 5.74) is 1.75. The molecule has 0 saturated heterocycles. The third kappa shape index (κ3) is 8.38. The van der Waals surface area contributed by atoms with Gasteiger partial charge in [-0.25, -0.2) is 8.42 Å². The molecule has 1 atom stereocenters. The van der Waals surface area contributed by atoms with Gasteiger partial charge in [0.05, 0.1) is 22.7 Å². The van der Waals surface area contributed by atoms with Crippen LogP contribution in [-0.2, 0) is 26.2 Å². The number of hydrogen-bond acceptors (Lipinski definition) is 5. The number of anilines is 1. The maximum atomic E-state index is 14.0. The maximum absolute atomic E-state index is 14.0. The van der Waals surface area contributed by atoms with Crippen molar-refractivity contribution in [2.45, 2.75) is 51.1 Å². The van der Waals surface area contributed by atoms with Gasteiger partial charge in [0.1, 0.15) is 18.3 Å². The molecule has 2 amide bonds. The molecular weight excluding hydrogens is 585 g/mol. The van der Waals surface area contributed by atoms with Crippen LogP contribution in [0.15, 0.2) is 71.6 Å². The Kier molecular flexibility index (Phi) is 11.5. The summed E-state index contributed by atoms with van der Waals surface area (Å²) in [6.07, 6.45) is 1.69. The van der Waals surface area contributed by atoms with Crippen LogP contribution < -0.4 is 14.4 Å². The van der Waals surface area contributed by atoms with Gasteiger partial charge >= 0.3 is 0 Å². The third-order valence-electron chi connectivity index (χ3n) is 6.55. The zero-order valence-corrected chi connectivity index (χ0v) is 25.9. The molecular formula is C30H35Cl2N3O5S. The van der Waals surface area contributed by atoms with E-state index in [4.69, 9.17) is 27.9 Å². The number of ether oxygens (including phenoxy) is 1. The van der Waals surface area contributed by atoms with Gasteiger partial charge in [0, 0.05) is 18.1 Å². The van der Waals surface area contributed by atoms with E-state index in [0.717, 1.165) is 22.7 Å². The minimum Gasteiger partial charge on any atom is -0.495 e. The van der Waals surface area contributed by atoms with Gasteiger partial charge in [0.2, 0.25) is 11.8 Å². The lowest BCUT2D eigenvalue weighted by atomic mass is 10.1. The lowest BCUT2D eigenvalue weighted by Crippen LogP contribution is -2.51. The van der Waals surface area contributed by atoms with Crippen molar-refractivity contribution >= 4 is 50.7 Å². The Labute approximate surface area is 252 Å². The van der Waals surface area contributed by atoms with Crippen molar-refractivity contribution < 1.29 is 22.7 Å². The highest BCUT2D eigenvalue weighted by Gasteiger charge is 2.32. The number of nitrogens with zero attached hydrogens (tertiary/aromatic N) is 2. The predicted octanol–water partition coefficient (Wildman–Crippen LogP) is 5.84. The minimum absolute atomic E-state index is 0.00888. The summed E-state index contributed by atoms with van der Waals surface area (Å²) in [5.74, 6) is -0.561. The van der Waals surface area contributed by atoms with E-state index in [-0.39, 0.29) is 28.1 Å². The number of rotatable bonds is 13. The van der Waals surface area contributed by atoms with Crippen LogP contribution in [0.5, 0.6) is 5.75 Å². The second-order valence-corrected chi connectivity index (χ2v) is 12.3. The molecule has 41 heavy (non-hydrogen) atoms. The zero-order chi connectivity index (χ0) is 30.2. The van der Waals surface area contributed by atoms with Crippen LogP contribution in [0.2, 0.25) is 10.0 Å². The molecule has 0 bridgehead atoms. The van der Waals surface area contributed by atoms with E-state index in [0.29, 0.717) is 22.9 Å². The molecule has 0 heterocycles. The van der Waals surface area contributed by atoms with E-state index in [2.05, 4.69) is 5.32 Å². The van der Waals surface area contributed by atoms with Gasteiger partial charge in [-0.2, -0.15) is 0 Å². The minimum atomic E-state index is -4.21. The standard InChI is InChI=1S/C30H35Cl2N3O5S/c1-5-6-16-33-30(37)22(3)34(19-23-8-7-9-24(31)17-23)29(36)20-35(25-12-15-28(40-4)27(32)18-25)41(38,39)26-13-10-21(2)11-14-26/h7-15,17-18,22H,5-6,16,19-20H2,1-4H3,(H,33,37)/t22-/m1/s1. The lowest BCUT2D eigenvalue weighted by molar-refractivity contribution is -0.139. The predicted molar refractivity (Wildman–Crippen MR) is 163 cm³/mol. The molecule has 0 saturated carbocycles. The summed E-state index contributed by atoms with van der Waals surface area (Å²) in [6.45, 7) is 5.42. The van der Waals surface area contributed by atoms with Crippen LogP contribution in [0, 0.1) is 6.92 Å². The van der Waals surface area contributed by atoms with Crippen LogP contribution >= 0.6 is 23.2 Å². The van der Waals surface area contributed by atoms with Gasteiger partial charge in [0.15, 0.2) is 0 Å². The van der Waals surface area contributed by atoms with E-state index in [9.17, 15) is 18.0 Å². The van der Waals surface area contributed by atoms with Gasteiger partial charge in [-0.1, -0.05) is 66.4 Å².